The van der Waals surface area contributed by atoms with E-state index in [1.54, 1.807) is 0 Å². The van der Waals surface area contributed by atoms with Crippen molar-refractivity contribution in [1.82, 2.24) is 0 Å². The quantitative estimate of drug-likeness (QED) is 0.408. The molecule has 1 aliphatic rings. The lowest BCUT2D eigenvalue weighted by Crippen LogP contribution is -2.09. The van der Waals surface area contributed by atoms with Gasteiger partial charge in [0, 0.05) is 0 Å². The largest absolute Gasteiger partial charge is 0.247 e. The Morgan fingerprint density at radius 1 is 1.40 bits per heavy atom. The van der Waals surface area contributed by atoms with E-state index in [1.165, 1.54) is 0 Å². The van der Waals surface area contributed by atoms with Crippen LogP contribution in [0.4, 0.5) is 4.39 Å². The maximum absolute atomic E-state index is 11.5. The Bertz CT molecular complexity index is 30.6. The number of hydrogen-bond donors (Lipinski definition) is 0. The molecule has 1 aliphatic carbocycles. The highest BCUT2D eigenvalue weighted by Gasteiger charge is 2.14. The molecular formula is C4H7F. The summed E-state index contributed by atoms with van der Waals surface area (Å²) in [5, 5.41) is 0. The van der Waals surface area contributed by atoms with Gasteiger partial charge in [-0.3, -0.25) is 0 Å². The lowest BCUT2D eigenvalue weighted by atomic mass is 9.98. The van der Waals surface area contributed by atoms with Gasteiger partial charge in [0.15, 0.2) is 0 Å². The molecule has 0 aliphatic heterocycles. The number of halogens is 1. The van der Waals surface area contributed by atoms with Crippen LogP contribution < -0.4 is 0 Å². The van der Waals surface area contributed by atoms with Crippen LogP contribution in [0, 0.1) is 0 Å². The van der Waals surface area contributed by atoms with Crippen molar-refractivity contribution in [3.63, 3.8) is 0 Å². The van der Waals surface area contributed by atoms with Gasteiger partial charge < -0.3 is 0 Å². The molecule has 30 valence electrons. The fourth-order valence-electron chi connectivity index (χ4n) is 0.358. The highest BCUT2D eigenvalue weighted by molar-refractivity contribution is 4.65. The molecule has 0 heterocycles. The molecule has 1 heteroatoms. The second-order valence-electron chi connectivity index (χ2n) is 1.53. The molecule has 0 aromatic heterocycles. The fourth-order valence-corrected chi connectivity index (χ4v) is 0.358. The standard InChI is InChI=1S/C4H7F/c5-4-2-1-3-4/h4H,1-3H2. The number of alkyl halides is 1. The van der Waals surface area contributed by atoms with Crippen LogP contribution in [0.5, 0.6) is 0 Å². The molecule has 1 fully saturated rings. The van der Waals surface area contributed by atoms with Crippen molar-refractivity contribution in [1.29, 1.82) is 0 Å². The minimum Gasteiger partial charge on any atom is -0.247 e. The van der Waals surface area contributed by atoms with E-state index in [4.69, 9.17) is 0 Å². The molecule has 0 nitrogen and oxygen atoms in total. The molecule has 5 heavy (non-hydrogen) atoms. The maximum atomic E-state index is 11.5. The molecule has 0 aromatic rings. The average Bonchev–Trinajstić information content (AvgIpc) is 1.30. The summed E-state index contributed by atoms with van der Waals surface area (Å²) in [4.78, 5) is 0. The van der Waals surface area contributed by atoms with Gasteiger partial charge in [0.25, 0.3) is 0 Å². The predicted octanol–water partition coefficient (Wildman–Crippen LogP) is 1.51. The highest BCUT2D eigenvalue weighted by atomic mass is 19.1. The van der Waals surface area contributed by atoms with E-state index in [1.807, 2.05) is 0 Å². The molecule has 0 atom stereocenters. The molecule has 0 saturated heterocycles. The van der Waals surface area contributed by atoms with Gasteiger partial charge in [-0.25, -0.2) is 4.39 Å². The van der Waals surface area contributed by atoms with Crippen LogP contribution in [0.15, 0.2) is 0 Å². The molecule has 0 bridgehead atoms. The van der Waals surface area contributed by atoms with Crippen molar-refractivity contribution in [2.24, 2.45) is 0 Å². The molecule has 0 amide bonds. The van der Waals surface area contributed by atoms with Gasteiger partial charge >= 0.3 is 0 Å². The van der Waals surface area contributed by atoms with Crippen LogP contribution in [-0.4, -0.2) is 6.17 Å². The first-order valence-corrected chi connectivity index (χ1v) is 2.03. The first kappa shape index (κ1) is 3.13. The summed E-state index contributed by atoms with van der Waals surface area (Å²) in [5.74, 6) is 0. The van der Waals surface area contributed by atoms with E-state index in [0.717, 1.165) is 19.3 Å². The molecule has 0 radical (unpaired) electrons. The Hall–Kier alpha value is -0.0700. The van der Waals surface area contributed by atoms with E-state index in [0.29, 0.717) is 0 Å². The summed E-state index contributed by atoms with van der Waals surface area (Å²) in [7, 11) is 0. The number of rotatable bonds is 0. The van der Waals surface area contributed by atoms with Crippen molar-refractivity contribution in [2.75, 3.05) is 0 Å². The van der Waals surface area contributed by atoms with Crippen molar-refractivity contribution in [3.05, 3.63) is 0 Å². The van der Waals surface area contributed by atoms with Gasteiger partial charge in [-0.1, -0.05) is 0 Å². The van der Waals surface area contributed by atoms with Gasteiger partial charge in [-0.15, -0.1) is 0 Å². The Morgan fingerprint density at radius 3 is 1.80 bits per heavy atom. The maximum Gasteiger partial charge on any atom is 0.100 e. The summed E-state index contributed by atoms with van der Waals surface area (Å²) >= 11 is 0. The smallest absolute Gasteiger partial charge is 0.100 e. The second-order valence-corrected chi connectivity index (χ2v) is 1.53. The van der Waals surface area contributed by atoms with Crippen LogP contribution >= 0.6 is 0 Å². The van der Waals surface area contributed by atoms with E-state index in [2.05, 4.69) is 0 Å². The lowest BCUT2D eigenvalue weighted by molar-refractivity contribution is 0.211. The van der Waals surface area contributed by atoms with Crippen LogP contribution in [0.25, 0.3) is 0 Å². The minimum absolute atomic E-state index is 0.435. The molecule has 0 N–H and O–H groups in total. The monoisotopic (exact) mass is 74.1 g/mol. The number of hydrogen-bond acceptors (Lipinski definition) is 0. The van der Waals surface area contributed by atoms with Gasteiger partial charge in [0.1, 0.15) is 6.17 Å². The molecular weight excluding hydrogens is 67.0 g/mol. The minimum atomic E-state index is -0.435. The third-order valence-corrected chi connectivity index (χ3v) is 1.03. The molecule has 0 aromatic carbocycles. The zero-order chi connectivity index (χ0) is 3.70. The van der Waals surface area contributed by atoms with Crippen LogP contribution in [0.3, 0.4) is 0 Å². The lowest BCUT2D eigenvalue weighted by Gasteiger charge is -2.14. The second kappa shape index (κ2) is 0.959. The van der Waals surface area contributed by atoms with Crippen molar-refractivity contribution >= 4 is 0 Å². The molecule has 1 rings (SSSR count). The van der Waals surface area contributed by atoms with Gasteiger partial charge in [-0.2, -0.15) is 0 Å². The van der Waals surface area contributed by atoms with Crippen LogP contribution in [0.1, 0.15) is 19.3 Å². The Morgan fingerprint density at radius 2 is 1.80 bits per heavy atom. The summed E-state index contributed by atoms with van der Waals surface area (Å²) in [6.45, 7) is 0. The Balaban J connectivity index is 2.08. The summed E-state index contributed by atoms with van der Waals surface area (Å²) < 4.78 is 11.5. The topological polar surface area (TPSA) is 0 Å². The van der Waals surface area contributed by atoms with Crippen molar-refractivity contribution in [2.45, 2.75) is 25.4 Å². The highest BCUT2D eigenvalue weighted by Crippen LogP contribution is 2.20. The SMILES string of the molecule is FC1CCC1. The molecule has 1 saturated carbocycles. The third kappa shape index (κ3) is 0.416. The summed E-state index contributed by atoms with van der Waals surface area (Å²) in [6, 6.07) is 0. The van der Waals surface area contributed by atoms with Gasteiger partial charge in [-0.05, 0) is 19.3 Å². The van der Waals surface area contributed by atoms with Crippen molar-refractivity contribution in [3.8, 4) is 0 Å². The van der Waals surface area contributed by atoms with Crippen molar-refractivity contribution < 1.29 is 4.39 Å². The Labute approximate surface area is 31.0 Å². The first-order chi connectivity index (χ1) is 2.39. The summed E-state index contributed by atoms with van der Waals surface area (Å²) in [5.41, 5.74) is 0. The van der Waals surface area contributed by atoms with Crippen LogP contribution in [-0.2, 0) is 0 Å². The molecule has 0 unspecified atom stereocenters. The van der Waals surface area contributed by atoms with Gasteiger partial charge in [0.2, 0.25) is 0 Å². The Kier molecular flexibility index (Phi) is 0.601. The zero-order valence-corrected chi connectivity index (χ0v) is 3.08. The van der Waals surface area contributed by atoms with Gasteiger partial charge in [0.05, 0.1) is 0 Å². The summed E-state index contributed by atoms with van der Waals surface area (Å²) in [6.07, 6.45) is 2.32. The fraction of sp³-hybridized carbons (Fsp3) is 1.00. The van der Waals surface area contributed by atoms with Crippen LogP contribution in [0.2, 0.25) is 0 Å². The first-order valence-electron chi connectivity index (χ1n) is 2.03. The predicted molar refractivity (Wildman–Crippen MR) is 18.7 cm³/mol. The average molecular weight is 74.1 g/mol. The van der Waals surface area contributed by atoms with E-state index < -0.39 is 6.17 Å². The normalized spacial score (nSPS) is 25.8. The van der Waals surface area contributed by atoms with E-state index in [9.17, 15) is 4.39 Å². The third-order valence-electron chi connectivity index (χ3n) is 1.03. The zero-order valence-electron chi connectivity index (χ0n) is 3.08. The van der Waals surface area contributed by atoms with E-state index >= 15 is 0 Å². The van der Waals surface area contributed by atoms with E-state index in [-0.39, 0.29) is 0 Å². The molecule has 0 spiro atoms.